The number of rotatable bonds is 12. The Kier molecular flexibility index (Phi) is 9.68. The monoisotopic (exact) mass is 529 g/mol. The fraction of sp³-hybridized carbons (Fsp3) is 0.242. The molecule has 1 amide bonds. The summed E-state index contributed by atoms with van der Waals surface area (Å²) in [6, 6.07) is 25.4. The number of aryl methyl sites for hydroxylation is 1. The summed E-state index contributed by atoms with van der Waals surface area (Å²) in [7, 11) is 0. The number of hydrogen-bond acceptors (Lipinski definition) is 3. The van der Waals surface area contributed by atoms with Crippen molar-refractivity contribution in [1.29, 1.82) is 0 Å². The summed E-state index contributed by atoms with van der Waals surface area (Å²) >= 11 is 0. The minimum Gasteiger partial charge on any atom is -0.489 e. The van der Waals surface area contributed by atoms with Crippen molar-refractivity contribution in [2.24, 2.45) is 0 Å². The van der Waals surface area contributed by atoms with E-state index in [1.807, 2.05) is 36.4 Å². The van der Waals surface area contributed by atoms with E-state index in [4.69, 9.17) is 9.47 Å². The first-order valence-corrected chi connectivity index (χ1v) is 13.1. The Bertz CT molecular complexity index is 1410. The van der Waals surface area contributed by atoms with Crippen molar-refractivity contribution in [3.63, 3.8) is 0 Å². The molecule has 4 nitrogen and oxygen atoms in total. The number of carbonyl (C=O) groups is 1. The van der Waals surface area contributed by atoms with Crippen LogP contribution in [0, 0.1) is 18.6 Å². The molecule has 0 bridgehead atoms. The van der Waals surface area contributed by atoms with Crippen LogP contribution in [0.1, 0.15) is 42.0 Å². The third-order valence-corrected chi connectivity index (χ3v) is 6.60. The standard InChI is InChI=1S/C33H33F2NO3/c1-23-27(12-8-13-31(23)25-9-4-3-5-10-25)21-38-30-16-14-26(11-6-7-18-36-24(2)37)33(20-30)39-22-28-19-29(34)15-17-32(28)35/h3-5,8-10,12-17,19-20H,6-7,11,18,21-22H2,1-2H3,(H,36,37). The quantitative estimate of drug-likeness (QED) is 0.193. The SMILES string of the molecule is CC(=O)NCCCCc1ccc(OCc2cccc(-c3ccccc3)c2C)cc1OCc1cc(F)ccc1F. The lowest BCUT2D eigenvalue weighted by Crippen LogP contribution is -2.20. The highest BCUT2D eigenvalue weighted by atomic mass is 19.1. The molecule has 4 aromatic rings. The maximum Gasteiger partial charge on any atom is 0.216 e. The summed E-state index contributed by atoms with van der Waals surface area (Å²) in [5.74, 6) is 0.0941. The molecule has 0 aliphatic carbocycles. The summed E-state index contributed by atoms with van der Waals surface area (Å²) < 4.78 is 40.0. The smallest absolute Gasteiger partial charge is 0.216 e. The second-order valence-electron chi connectivity index (χ2n) is 9.48. The fourth-order valence-electron chi connectivity index (χ4n) is 4.41. The number of halogens is 2. The van der Waals surface area contributed by atoms with Crippen LogP contribution in [0.25, 0.3) is 11.1 Å². The van der Waals surface area contributed by atoms with Gasteiger partial charge < -0.3 is 14.8 Å². The molecule has 0 aliphatic rings. The Morgan fingerprint density at radius 3 is 2.38 bits per heavy atom. The zero-order valence-corrected chi connectivity index (χ0v) is 22.3. The van der Waals surface area contributed by atoms with Gasteiger partial charge in [-0.15, -0.1) is 0 Å². The third-order valence-electron chi connectivity index (χ3n) is 6.60. The van der Waals surface area contributed by atoms with Crippen molar-refractivity contribution in [2.75, 3.05) is 6.54 Å². The fourth-order valence-corrected chi connectivity index (χ4v) is 4.41. The van der Waals surface area contributed by atoms with Gasteiger partial charge in [-0.2, -0.15) is 0 Å². The molecule has 1 N–H and O–H groups in total. The molecule has 4 aromatic carbocycles. The van der Waals surface area contributed by atoms with Crippen molar-refractivity contribution < 1.29 is 23.0 Å². The summed E-state index contributed by atoms with van der Waals surface area (Å²) in [6.45, 7) is 4.45. The second kappa shape index (κ2) is 13.6. The second-order valence-corrected chi connectivity index (χ2v) is 9.48. The maximum absolute atomic E-state index is 14.2. The first kappa shape index (κ1) is 27.8. The van der Waals surface area contributed by atoms with Crippen LogP contribution in [-0.4, -0.2) is 12.5 Å². The highest BCUT2D eigenvalue weighted by Crippen LogP contribution is 2.30. The number of nitrogens with one attached hydrogen (secondary N) is 1. The van der Waals surface area contributed by atoms with Gasteiger partial charge in [0.15, 0.2) is 0 Å². The lowest BCUT2D eigenvalue weighted by molar-refractivity contribution is -0.118. The van der Waals surface area contributed by atoms with Gasteiger partial charge >= 0.3 is 0 Å². The van der Waals surface area contributed by atoms with Gasteiger partial charge in [0.25, 0.3) is 0 Å². The molecule has 6 heteroatoms. The average molecular weight is 530 g/mol. The van der Waals surface area contributed by atoms with Crippen LogP contribution >= 0.6 is 0 Å². The van der Waals surface area contributed by atoms with Crippen molar-refractivity contribution in [2.45, 2.75) is 46.3 Å². The Balaban J connectivity index is 1.49. The molecule has 0 atom stereocenters. The van der Waals surface area contributed by atoms with E-state index >= 15 is 0 Å². The molecule has 202 valence electrons. The summed E-state index contributed by atoms with van der Waals surface area (Å²) in [4.78, 5) is 11.1. The van der Waals surface area contributed by atoms with Crippen LogP contribution in [0.3, 0.4) is 0 Å². The van der Waals surface area contributed by atoms with Gasteiger partial charge in [0.2, 0.25) is 5.91 Å². The Hall–Kier alpha value is -4.19. The third kappa shape index (κ3) is 7.90. The van der Waals surface area contributed by atoms with Gasteiger partial charge in [0.05, 0.1) is 0 Å². The van der Waals surface area contributed by atoms with E-state index in [1.54, 1.807) is 6.07 Å². The van der Waals surface area contributed by atoms with E-state index in [0.717, 1.165) is 58.9 Å². The number of amides is 1. The Morgan fingerprint density at radius 1 is 0.795 bits per heavy atom. The molecule has 0 unspecified atom stereocenters. The topological polar surface area (TPSA) is 47.6 Å². The maximum atomic E-state index is 14.2. The van der Waals surface area contributed by atoms with Crippen LogP contribution in [0.4, 0.5) is 8.78 Å². The highest BCUT2D eigenvalue weighted by molar-refractivity contribution is 5.72. The molecule has 39 heavy (non-hydrogen) atoms. The largest absolute Gasteiger partial charge is 0.489 e. The van der Waals surface area contributed by atoms with E-state index in [0.29, 0.717) is 31.1 Å². The van der Waals surface area contributed by atoms with E-state index in [2.05, 4.69) is 36.5 Å². The molecule has 0 heterocycles. The normalized spacial score (nSPS) is 10.8. The summed E-state index contributed by atoms with van der Waals surface area (Å²) in [6.07, 6.45) is 2.35. The minimum absolute atomic E-state index is 0.0535. The zero-order valence-electron chi connectivity index (χ0n) is 22.3. The number of hydrogen-bond donors (Lipinski definition) is 1. The molecule has 0 fully saturated rings. The minimum atomic E-state index is -0.519. The van der Waals surface area contributed by atoms with Crippen molar-refractivity contribution in [3.8, 4) is 22.6 Å². The Labute approximate surface area is 228 Å². The van der Waals surface area contributed by atoms with Gasteiger partial charge in [-0.3, -0.25) is 4.79 Å². The van der Waals surface area contributed by atoms with E-state index in [-0.39, 0.29) is 18.1 Å². The molecular weight excluding hydrogens is 496 g/mol. The lowest BCUT2D eigenvalue weighted by Gasteiger charge is -2.16. The highest BCUT2D eigenvalue weighted by Gasteiger charge is 2.12. The zero-order chi connectivity index (χ0) is 27.6. The molecule has 0 aliphatic heterocycles. The molecule has 0 saturated carbocycles. The number of unbranched alkanes of at least 4 members (excludes halogenated alkanes) is 1. The van der Waals surface area contributed by atoms with Gasteiger partial charge in [-0.05, 0) is 78.3 Å². The number of ether oxygens (including phenoxy) is 2. The van der Waals surface area contributed by atoms with E-state index in [9.17, 15) is 13.6 Å². The molecule has 4 rings (SSSR count). The predicted octanol–water partition coefficient (Wildman–Crippen LogP) is 7.56. The summed E-state index contributed by atoms with van der Waals surface area (Å²) in [5, 5.41) is 2.80. The first-order chi connectivity index (χ1) is 18.9. The van der Waals surface area contributed by atoms with Gasteiger partial charge in [0.1, 0.15) is 36.3 Å². The van der Waals surface area contributed by atoms with Crippen molar-refractivity contribution in [3.05, 3.63) is 119 Å². The van der Waals surface area contributed by atoms with Gasteiger partial charge in [-0.25, -0.2) is 8.78 Å². The first-order valence-electron chi connectivity index (χ1n) is 13.1. The predicted molar refractivity (Wildman–Crippen MR) is 150 cm³/mol. The van der Waals surface area contributed by atoms with Crippen LogP contribution < -0.4 is 14.8 Å². The van der Waals surface area contributed by atoms with Crippen LogP contribution in [0.2, 0.25) is 0 Å². The van der Waals surface area contributed by atoms with Crippen LogP contribution in [0.15, 0.2) is 84.9 Å². The molecule has 0 aromatic heterocycles. The summed E-state index contributed by atoms with van der Waals surface area (Å²) in [5.41, 5.74) is 5.61. The number of benzene rings is 4. The van der Waals surface area contributed by atoms with E-state index < -0.39 is 11.6 Å². The number of carbonyl (C=O) groups excluding carboxylic acids is 1. The molecule has 0 radical (unpaired) electrons. The van der Waals surface area contributed by atoms with Crippen LogP contribution in [-0.2, 0) is 24.4 Å². The Morgan fingerprint density at radius 2 is 1.59 bits per heavy atom. The molecule has 0 spiro atoms. The molecule has 0 saturated heterocycles. The van der Waals surface area contributed by atoms with Crippen LogP contribution in [0.5, 0.6) is 11.5 Å². The average Bonchev–Trinajstić information content (AvgIpc) is 2.93. The van der Waals surface area contributed by atoms with Gasteiger partial charge in [0, 0.05) is 25.1 Å². The van der Waals surface area contributed by atoms with Gasteiger partial charge in [-0.1, -0.05) is 54.6 Å². The molecular formula is C33H33F2NO3. The van der Waals surface area contributed by atoms with Crippen molar-refractivity contribution >= 4 is 5.91 Å². The van der Waals surface area contributed by atoms with E-state index in [1.165, 1.54) is 6.92 Å². The lowest BCUT2D eigenvalue weighted by atomic mass is 9.97. The van der Waals surface area contributed by atoms with Crippen molar-refractivity contribution in [1.82, 2.24) is 5.32 Å².